The number of anilines is 1. The van der Waals surface area contributed by atoms with Crippen molar-refractivity contribution >= 4 is 6.01 Å². The lowest BCUT2D eigenvalue weighted by Crippen LogP contribution is -2.41. The molecule has 1 aliphatic rings. The van der Waals surface area contributed by atoms with E-state index in [0.29, 0.717) is 12.1 Å². The van der Waals surface area contributed by atoms with Gasteiger partial charge in [-0.15, -0.1) is 5.10 Å². The Kier molecular flexibility index (Phi) is 1.91. The number of rotatable bonds is 2. The maximum atomic E-state index is 5.19. The Morgan fingerprint density at radius 2 is 2.13 bits per heavy atom. The normalized spacial score (nSPS) is 20.0. The number of nitrogens with zero attached hydrogens (tertiary/aromatic N) is 3. The van der Waals surface area contributed by atoms with Gasteiger partial charge in [0.15, 0.2) is 0 Å². The van der Waals surface area contributed by atoms with Gasteiger partial charge < -0.3 is 9.32 Å². The second kappa shape index (κ2) is 3.38. The number of hydrogen-bond donors (Lipinski definition) is 0. The molecule has 0 saturated carbocycles. The molecule has 1 fully saturated rings. The summed E-state index contributed by atoms with van der Waals surface area (Å²) in [7, 11) is 0. The minimum Gasteiger partial charge on any atom is -0.411 e. The Morgan fingerprint density at radius 3 is 2.73 bits per heavy atom. The summed E-state index contributed by atoms with van der Waals surface area (Å²) in [5.74, 6) is 0. The third-order valence-corrected chi connectivity index (χ3v) is 2.80. The van der Waals surface area contributed by atoms with Crippen LogP contribution in [-0.2, 0) is 0 Å². The lowest BCUT2D eigenvalue weighted by Gasteiger charge is -2.39. The highest BCUT2D eigenvalue weighted by Crippen LogP contribution is 2.36. The molecule has 4 nitrogen and oxygen atoms in total. The van der Waals surface area contributed by atoms with Gasteiger partial charge in [-0.25, -0.2) is 0 Å². The largest absolute Gasteiger partial charge is 0.411 e. The first-order chi connectivity index (χ1) is 7.45. The van der Waals surface area contributed by atoms with Crippen LogP contribution in [0.4, 0.5) is 6.01 Å². The molecule has 76 valence electrons. The highest BCUT2D eigenvalue weighted by atomic mass is 16.4. The van der Waals surface area contributed by atoms with Crippen molar-refractivity contribution < 1.29 is 4.42 Å². The summed E-state index contributed by atoms with van der Waals surface area (Å²) in [4.78, 5) is 2.13. The van der Waals surface area contributed by atoms with Crippen LogP contribution in [0.25, 0.3) is 0 Å². The Hall–Kier alpha value is -1.84. The molecule has 0 N–H and O–H groups in total. The molecule has 2 aromatic rings. The van der Waals surface area contributed by atoms with Crippen LogP contribution < -0.4 is 4.90 Å². The van der Waals surface area contributed by atoms with Gasteiger partial charge in [-0.3, -0.25) is 0 Å². The predicted octanol–water partition coefficient (Wildman–Crippen LogP) is 2.02. The molecule has 0 spiro atoms. The van der Waals surface area contributed by atoms with E-state index in [1.54, 1.807) is 0 Å². The van der Waals surface area contributed by atoms with Crippen LogP contribution in [0.2, 0.25) is 0 Å². The van der Waals surface area contributed by atoms with Crippen LogP contribution >= 0.6 is 0 Å². The van der Waals surface area contributed by atoms with Crippen LogP contribution in [0, 0.1) is 0 Å². The first-order valence-corrected chi connectivity index (χ1v) is 5.03. The molecule has 0 aliphatic carbocycles. The van der Waals surface area contributed by atoms with Crippen molar-refractivity contribution in [2.24, 2.45) is 0 Å². The maximum Gasteiger partial charge on any atom is 0.318 e. The van der Waals surface area contributed by atoms with Crippen LogP contribution in [0.1, 0.15) is 18.0 Å². The monoisotopic (exact) mass is 201 g/mol. The van der Waals surface area contributed by atoms with E-state index in [2.05, 4.69) is 39.4 Å². The molecular weight excluding hydrogens is 190 g/mol. The molecule has 1 saturated heterocycles. The predicted molar refractivity (Wildman–Crippen MR) is 55.4 cm³/mol. The molecule has 15 heavy (non-hydrogen) atoms. The summed E-state index contributed by atoms with van der Waals surface area (Å²) < 4.78 is 5.19. The molecule has 1 aromatic heterocycles. The van der Waals surface area contributed by atoms with Gasteiger partial charge >= 0.3 is 6.01 Å². The molecule has 1 unspecified atom stereocenters. The lowest BCUT2D eigenvalue weighted by atomic mass is 9.95. The van der Waals surface area contributed by atoms with Gasteiger partial charge in [-0.05, 0) is 12.0 Å². The lowest BCUT2D eigenvalue weighted by molar-refractivity contribution is 0.408. The molecule has 4 heteroatoms. The first kappa shape index (κ1) is 8.47. The summed E-state index contributed by atoms with van der Waals surface area (Å²) >= 11 is 0. The van der Waals surface area contributed by atoms with E-state index in [-0.39, 0.29) is 0 Å². The second-order valence-corrected chi connectivity index (χ2v) is 3.63. The van der Waals surface area contributed by atoms with Crippen molar-refractivity contribution in [1.82, 2.24) is 10.2 Å². The zero-order valence-corrected chi connectivity index (χ0v) is 8.21. The van der Waals surface area contributed by atoms with Gasteiger partial charge in [-0.1, -0.05) is 35.4 Å². The van der Waals surface area contributed by atoms with Gasteiger partial charge in [0.2, 0.25) is 6.39 Å². The zero-order valence-electron chi connectivity index (χ0n) is 8.21. The smallest absolute Gasteiger partial charge is 0.318 e. The van der Waals surface area contributed by atoms with Crippen molar-refractivity contribution in [1.29, 1.82) is 0 Å². The topological polar surface area (TPSA) is 42.2 Å². The molecular formula is C11H11N3O. The van der Waals surface area contributed by atoms with E-state index in [9.17, 15) is 0 Å². The van der Waals surface area contributed by atoms with Gasteiger partial charge in [0.1, 0.15) is 0 Å². The average Bonchev–Trinajstić information content (AvgIpc) is 2.71. The molecule has 0 bridgehead atoms. The second-order valence-electron chi connectivity index (χ2n) is 3.63. The Balaban J connectivity index is 1.85. The third-order valence-electron chi connectivity index (χ3n) is 2.80. The SMILES string of the molecule is c1ccc(C2CCN2c2nnco2)cc1. The van der Waals surface area contributed by atoms with Crippen LogP contribution in [0.5, 0.6) is 0 Å². The minimum absolute atomic E-state index is 0.395. The van der Waals surface area contributed by atoms with Gasteiger partial charge in [-0.2, -0.15) is 0 Å². The maximum absolute atomic E-state index is 5.19. The van der Waals surface area contributed by atoms with Crippen molar-refractivity contribution in [3.63, 3.8) is 0 Å². The summed E-state index contributed by atoms with van der Waals surface area (Å²) in [5, 5.41) is 7.62. The molecule has 0 amide bonds. The fourth-order valence-electron chi connectivity index (χ4n) is 1.93. The van der Waals surface area contributed by atoms with E-state index >= 15 is 0 Å². The van der Waals surface area contributed by atoms with E-state index in [1.807, 2.05) is 6.07 Å². The molecule has 1 aromatic carbocycles. The average molecular weight is 201 g/mol. The number of aromatic nitrogens is 2. The molecule has 1 atom stereocenters. The molecule has 0 radical (unpaired) electrons. The van der Waals surface area contributed by atoms with Crippen molar-refractivity contribution in [3.8, 4) is 0 Å². The highest BCUT2D eigenvalue weighted by molar-refractivity contribution is 5.37. The van der Waals surface area contributed by atoms with Crippen LogP contribution in [0.3, 0.4) is 0 Å². The summed E-state index contributed by atoms with van der Waals surface area (Å²) in [6.07, 6.45) is 2.52. The van der Waals surface area contributed by atoms with E-state index < -0.39 is 0 Å². The molecule has 2 heterocycles. The van der Waals surface area contributed by atoms with Crippen LogP contribution in [0.15, 0.2) is 41.1 Å². The van der Waals surface area contributed by atoms with Gasteiger partial charge in [0.05, 0.1) is 6.04 Å². The van der Waals surface area contributed by atoms with Crippen molar-refractivity contribution in [2.45, 2.75) is 12.5 Å². The summed E-state index contributed by atoms with van der Waals surface area (Å²) in [6, 6.07) is 11.4. The number of benzene rings is 1. The molecule has 3 rings (SSSR count). The van der Waals surface area contributed by atoms with Gasteiger partial charge in [0, 0.05) is 6.54 Å². The Morgan fingerprint density at radius 1 is 1.27 bits per heavy atom. The number of hydrogen-bond acceptors (Lipinski definition) is 4. The third kappa shape index (κ3) is 1.38. The van der Waals surface area contributed by atoms with Crippen molar-refractivity contribution in [2.75, 3.05) is 11.4 Å². The fraction of sp³-hybridized carbons (Fsp3) is 0.273. The summed E-state index contributed by atoms with van der Waals surface area (Å²) in [5.41, 5.74) is 1.31. The van der Waals surface area contributed by atoms with Crippen LogP contribution in [-0.4, -0.2) is 16.7 Å². The highest BCUT2D eigenvalue weighted by Gasteiger charge is 2.32. The van der Waals surface area contributed by atoms with E-state index in [4.69, 9.17) is 4.42 Å². The fourth-order valence-corrected chi connectivity index (χ4v) is 1.93. The molecule has 1 aliphatic heterocycles. The standard InChI is InChI=1S/C11H11N3O/c1-2-4-9(5-3-1)10-6-7-14(10)11-13-12-8-15-11/h1-5,8,10H,6-7H2. The Bertz CT molecular complexity index is 426. The van der Waals surface area contributed by atoms with Gasteiger partial charge in [0.25, 0.3) is 0 Å². The minimum atomic E-state index is 0.395. The van der Waals surface area contributed by atoms with E-state index in [1.165, 1.54) is 12.0 Å². The van der Waals surface area contributed by atoms with Crippen molar-refractivity contribution in [3.05, 3.63) is 42.3 Å². The quantitative estimate of drug-likeness (QED) is 0.745. The first-order valence-electron chi connectivity index (χ1n) is 5.03. The zero-order chi connectivity index (χ0) is 10.1. The Labute approximate surface area is 87.5 Å². The van der Waals surface area contributed by atoms with E-state index in [0.717, 1.165) is 13.0 Å². The summed E-state index contributed by atoms with van der Waals surface area (Å²) in [6.45, 7) is 0.988.